The number of likely N-dealkylation sites (N-methyl/N-ethyl adjacent to an activating group) is 1. The second kappa shape index (κ2) is 7.57. The molecule has 0 amide bonds. The van der Waals surface area contributed by atoms with Crippen LogP contribution in [0.4, 0.5) is 5.69 Å². The van der Waals surface area contributed by atoms with Gasteiger partial charge in [-0.05, 0) is 46.1 Å². The topological polar surface area (TPSA) is 15.7 Å². The second-order valence-corrected chi connectivity index (χ2v) is 7.97. The molecule has 3 heteroatoms. The van der Waals surface area contributed by atoms with Crippen LogP contribution in [-0.2, 0) is 11.3 Å². The predicted octanol–water partition coefficient (Wildman–Crippen LogP) is 4.64. The smallest absolute Gasteiger partial charge is 0.0642 e. The van der Waals surface area contributed by atoms with Crippen molar-refractivity contribution in [2.24, 2.45) is 0 Å². The van der Waals surface area contributed by atoms with E-state index in [1.807, 2.05) is 0 Å². The van der Waals surface area contributed by atoms with E-state index in [4.69, 9.17) is 4.74 Å². The summed E-state index contributed by atoms with van der Waals surface area (Å²) in [5.74, 6) is 0.437. The summed E-state index contributed by atoms with van der Waals surface area (Å²) in [5, 5.41) is 2.65. The van der Waals surface area contributed by atoms with E-state index in [9.17, 15) is 0 Å². The van der Waals surface area contributed by atoms with Gasteiger partial charge in [-0.1, -0.05) is 55.5 Å². The SMILES string of the molecule is CCN1Cc2cc(N3CCOCC3)ccc2C(c2ccc3ccccc3c2)C1. The van der Waals surface area contributed by atoms with Crippen LogP contribution in [0.3, 0.4) is 0 Å². The zero-order chi connectivity index (χ0) is 18.9. The van der Waals surface area contributed by atoms with Crippen LogP contribution in [0, 0.1) is 0 Å². The van der Waals surface area contributed by atoms with E-state index in [2.05, 4.69) is 77.4 Å². The molecule has 3 aromatic carbocycles. The standard InChI is InChI=1S/C25H28N2O/c1-2-26-17-22-16-23(27-11-13-28-14-12-27)9-10-24(22)25(18-26)21-8-7-19-5-3-4-6-20(19)15-21/h3-10,15-16,25H,2,11-14,17-18H2,1H3. The average molecular weight is 373 g/mol. The quantitative estimate of drug-likeness (QED) is 0.666. The molecular weight excluding hydrogens is 344 g/mol. The first-order valence-electron chi connectivity index (χ1n) is 10.5. The fourth-order valence-electron chi connectivity index (χ4n) is 4.70. The van der Waals surface area contributed by atoms with Crippen LogP contribution in [0.2, 0.25) is 0 Å². The molecule has 144 valence electrons. The van der Waals surface area contributed by atoms with Crippen molar-refractivity contribution >= 4 is 16.5 Å². The molecule has 0 aliphatic carbocycles. The molecule has 1 fully saturated rings. The van der Waals surface area contributed by atoms with Crippen LogP contribution in [0.5, 0.6) is 0 Å². The Morgan fingerprint density at radius 1 is 0.929 bits per heavy atom. The van der Waals surface area contributed by atoms with Crippen LogP contribution in [0.1, 0.15) is 29.5 Å². The number of ether oxygens (including phenoxy) is 1. The molecular formula is C25H28N2O. The largest absolute Gasteiger partial charge is 0.378 e. The number of anilines is 1. The maximum atomic E-state index is 5.53. The van der Waals surface area contributed by atoms with Crippen molar-refractivity contribution in [3.05, 3.63) is 77.4 Å². The highest BCUT2D eigenvalue weighted by atomic mass is 16.5. The molecule has 3 aromatic rings. The minimum absolute atomic E-state index is 0.437. The van der Waals surface area contributed by atoms with Gasteiger partial charge in [0, 0.05) is 37.8 Å². The summed E-state index contributed by atoms with van der Waals surface area (Å²) in [4.78, 5) is 5.03. The van der Waals surface area contributed by atoms with Gasteiger partial charge in [-0.3, -0.25) is 4.90 Å². The van der Waals surface area contributed by atoms with Crippen molar-refractivity contribution in [1.82, 2.24) is 4.90 Å². The Kier molecular flexibility index (Phi) is 4.79. The van der Waals surface area contributed by atoms with E-state index in [0.29, 0.717) is 5.92 Å². The maximum Gasteiger partial charge on any atom is 0.0642 e. The summed E-state index contributed by atoms with van der Waals surface area (Å²) < 4.78 is 5.53. The minimum atomic E-state index is 0.437. The Labute approximate surface area is 167 Å². The van der Waals surface area contributed by atoms with E-state index in [1.165, 1.54) is 33.2 Å². The van der Waals surface area contributed by atoms with Crippen LogP contribution in [0.25, 0.3) is 10.8 Å². The van der Waals surface area contributed by atoms with E-state index in [-0.39, 0.29) is 0 Å². The zero-order valence-corrected chi connectivity index (χ0v) is 16.6. The summed E-state index contributed by atoms with van der Waals surface area (Å²) >= 11 is 0. The van der Waals surface area contributed by atoms with Crippen molar-refractivity contribution in [3.8, 4) is 0 Å². The number of hydrogen-bond acceptors (Lipinski definition) is 3. The molecule has 0 radical (unpaired) electrons. The zero-order valence-electron chi connectivity index (χ0n) is 16.6. The molecule has 3 nitrogen and oxygen atoms in total. The van der Waals surface area contributed by atoms with Gasteiger partial charge in [-0.15, -0.1) is 0 Å². The fourth-order valence-corrected chi connectivity index (χ4v) is 4.70. The molecule has 1 saturated heterocycles. The van der Waals surface area contributed by atoms with Crippen molar-refractivity contribution in [2.75, 3.05) is 44.3 Å². The van der Waals surface area contributed by atoms with E-state index in [0.717, 1.165) is 45.9 Å². The lowest BCUT2D eigenvalue weighted by molar-refractivity contribution is 0.122. The highest BCUT2D eigenvalue weighted by Crippen LogP contribution is 2.36. The van der Waals surface area contributed by atoms with Crippen LogP contribution >= 0.6 is 0 Å². The Morgan fingerprint density at radius 2 is 1.75 bits per heavy atom. The normalized spacial score (nSPS) is 20.3. The van der Waals surface area contributed by atoms with Crippen molar-refractivity contribution in [3.63, 3.8) is 0 Å². The minimum Gasteiger partial charge on any atom is -0.378 e. The van der Waals surface area contributed by atoms with Gasteiger partial charge >= 0.3 is 0 Å². The highest BCUT2D eigenvalue weighted by Gasteiger charge is 2.27. The van der Waals surface area contributed by atoms with Crippen LogP contribution in [0.15, 0.2) is 60.7 Å². The van der Waals surface area contributed by atoms with Gasteiger partial charge in [0.05, 0.1) is 13.2 Å². The van der Waals surface area contributed by atoms with Gasteiger partial charge in [-0.25, -0.2) is 0 Å². The third-order valence-corrected chi connectivity index (χ3v) is 6.34. The molecule has 1 atom stereocenters. The molecule has 0 N–H and O–H groups in total. The van der Waals surface area contributed by atoms with Gasteiger partial charge < -0.3 is 9.64 Å². The lowest BCUT2D eigenvalue weighted by atomic mass is 9.83. The molecule has 5 rings (SSSR count). The first kappa shape index (κ1) is 17.7. The molecule has 0 bridgehead atoms. The summed E-state index contributed by atoms with van der Waals surface area (Å²) in [5.41, 5.74) is 5.75. The lowest BCUT2D eigenvalue weighted by Crippen LogP contribution is -2.37. The highest BCUT2D eigenvalue weighted by molar-refractivity contribution is 5.83. The third-order valence-electron chi connectivity index (χ3n) is 6.34. The molecule has 1 unspecified atom stereocenters. The number of rotatable bonds is 3. The monoisotopic (exact) mass is 372 g/mol. The summed E-state index contributed by atoms with van der Waals surface area (Å²) in [6.07, 6.45) is 0. The molecule has 2 heterocycles. The number of fused-ring (bicyclic) bond motifs is 2. The maximum absolute atomic E-state index is 5.53. The van der Waals surface area contributed by atoms with Crippen molar-refractivity contribution in [1.29, 1.82) is 0 Å². The van der Waals surface area contributed by atoms with Crippen molar-refractivity contribution < 1.29 is 4.74 Å². The number of hydrogen-bond donors (Lipinski definition) is 0. The first-order valence-corrected chi connectivity index (χ1v) is 10.5. The Morgan fingerprint density at radius 3 is 2.57 bits per heavy atom. The van der Waals surface area contributed by atoms with E-state index in [1.54, 1.807) is 0 Å². The molecule has 0 aromatic heterocycles. The van der Waals surface area contributed by atoms with Gasteiger partial charge in [-0.2, -0.15) is 0 Å². The molecule has 2 aliphatic heterocycles. The van der Waals surface area contributed by atoms with Gasteiger partial charge in [0.25, 0.3) is 0 Å². The third kappa shape index (κ3) is 3.30. The Hall–Kier alpha value is -2.36. The number of nitrogens with zero attached hydrogens (tertiary/aromatic N) is 2. The number of benzene rings is 3. The van der Waals surface area contributed by atoms with Crippen molar-refractivity contribution in [2.45, 2.75) is 19.4 Å². The fraction of sp³-hybridized carbons (Fsp3) is 0.360. The van der Waals surface area contributed by atoms with Crippen LogP contribution < -0.4 is 4.90 Å². The molecule has 0 saturated carbocycles. The van der Waals surface area contributed by atoms with Gasteiger partial charge in [0.15, 0.2) is 0 Å². The van der Waals surface area contributed by atoms with E-state index >= 15 is 0 Å². The summed E-state index contributed by atoms with van der Waals surface area (Å²) in [7, 11) is 0. The van der Waals surface area contributed by atoms with Gasteiger partial charge in [0.2, 0.25) is 0 Å². The number of morpholine rings is 1. The molecule has 0 spiro atoms. The Balaban J connectivity index is 1.53. The first-order chi connectivity index (χ1) is 13.8. The summed E-state index contributed by atoms with van der Waals surface area (Å²) in [6, 6.07) is 22.8. The Bertz CT molecular complexity index is 977. The average Bonchev–Trinajstić information content (AvgIpc) is 2.78. The van der Waals surface area contributed by atoms with E-state index < -0.39 is 0 Å². The molecule has 28 heavy (non-hydrogen) atoms. The molecule has 2 aliphatic rings. The second-order valence-electron chi connectivity index (χ2n) is 7.97. The van der Waals surface area contributed by atoms with Gasteiger partial charge in [0.1, 0.15) is 0 Å². The predicted molar refractivity (Wildman–Crippen MR) is 116 cm³/mol. The lowest BCUT2D eigenvalue weighted by Gasteiger charge is -2.36. The summed E-state index contributed by atoms with van der Waals surface area (Å²) in [6.45, 7) is 9.15. The van der Waals surface area contributed by atoms with Crippen LogP contribution in [-0.4, -0.2) is 44.3 Å².